The lowest BCUT2D eigenvalue weighted by Crippen LogP contribution is -2.21. The summed E-state index contributed by atoms with van der Waals surface area (Å²) in [7, 11) is -3.87. The highest BCUT2D eigenvalue weighted by molar-refractivity contribution is 7.99. The monoisotopic (exact) mass is 484 g/mol. The Labute approximate surface area is 203 Å². The minimum Gasteiger partial charge on any atom is -0.199 e. The van der Waals surface area contributed by atoms with E-state index in [2.05, 4.69) is 90.0 Å². The Morgan fingerprint density at radius 1 is 0.818 bits per heavy atom. The van der Waals surface area contributed by atoms with Crippen LogP contribution in [-0.2, 0) is 10.0 Å². The van der Waals surface area contributed by atoms with Crippen LogP contribution in [0.4, 0.5) is 0 Å². The Balaban J connectivity index is 2.21. The number of benzene rings is 2. The molecule has 3 aromatic rings. The van der Waals surface area contributed by atoms with Crippen molar-refractivity contribution < 1.29 is 8.42 Å². The van der Waals surface area contributed by atoms with Gasteiger partial charge in [0, 0.05) is 4.90 Å². The molecular formula is C27H36N2O2S2. The molecule has 0 atom stereocenters. The van der Waals surface area contributed by atoms with E-state index in [4.69, 9.17) is 0 Å². The highest BCUT2D eigenvalue weighted by atomic mass is 32.2. The third-order valence-corrected chi connectivity index (χ3v) is 9.09. The standard InChI is InChI=1S/C27H36N2O2S2/c1-16(2)22-14-24(17(3)4)27(25(15-22)18(5)6)33(30,31)29-21(9)26(20(8)28-29)32-23-12-10-19(7)11-13-23/h10-18H,1-9H3. The van der Waals surface area contributed by atoms with Crippen LogP contribution in [-0.4, -0.2) is 17.6 Å². The summed E-state index contributed by atoms with van der Waals surface area (Å²) in [5.74, 6) is 0.469. The van der Waals surface area contributed by atoms with Gasteiger partial charge in [-0.15, -0.1) is 0 Å². The average Bonchev–Trinajstić information content (AvgIpc) is 3.03. The predicted molar refractivity (Wildman–Crippen MR) is 138 cm³/mol. The number of aromatic nitrogens is 2. The molecule has 2 aromatic carbocycles. The molecule has 0 N–H and O–H groups in total. The first-order chi connectivity index (χ1) is 15.3. The van der Waals surface area contributed by atoms with Crippen LogP contribution in [0.2, 0.25) is 0 Å². The maximum atomic E-state index is 14.1. The Morgan fingerprint density at radius 2 is 1.33 bits per heavy atom. The molecule has 178 valence electrons. The Morgan fingerprint density at radius 3 is 1.79 bits per heavy atom. The summed E-state index contributed by atoms with van der Waals surface area (Å²) < 4.78 is 29.5. The first kappa shape index (κ1) is 25.6. The van der Waals surface area contributed by atoms with Gasteiger partial charge in [-0.2, -0.15) is 17.6 Å². The zero-order valence-corrected chi connectivity index (χ0v) is 22.9. The van der Waals surface area contributed by atoms with Gasteiger partial charge in [0.15, 0.2) is 0 Å². The predicted octanol–water partition coefficient (Wildman–Crippen LogP) is 7.57. The second kappa shape index (κ2) is 9.67. The number of nitrogens with zero attached hydrogens (tertiary/aromatic N) is 2. The molecule has 3 rings (SSSR count). The third-order valence-electron chi connectivity index (χ3n) is 5.99. The molecule has 0 aliphatic heterocycles. The van der Waals surface area contributed by atoms with E-state index in [1.54, 1.807) is 11.8 Å². The fourth-order valence-corrected chi connectivity index (χ4v) is 7.01. The lowest BCUT2D eigenvalue weighted by Gasteiger charge is -2.23. The van der Waals surface area contributed by atoms with E-state index in [1.807, 2.05) is 13.8 Å². The van der Waals surface area contributed by atoms with Crippen LogP contribution in [0.1, 0.15) is 92.9 Å². The van der Waals surface area contributed by atoms with E-state index < -0.39 is 10.0 Å². The van der Waals surface area contributed by atoms with Crippen molar-refractivity contribution in [3.63, 3.8) is 0 Å². The normalized spacial score (nSPS) is 12.4. The van der Waals surface area contributed by atoms with E-state index in [0.717, 1.165) is 26.6 Å². The summed E-state index contributed by atoms with van der Waals surface area (Å²) in [5.41, 5.74) is 5.46. The van der Waals surface area contributed by atoms with Crippen LogP contribution >= 0.6 is 11.8 Å². The van der Waals surface area contributed by atoms with Gasteiger partial charge in [-0.1, -0.05) is 83.1 Å². The van der Waals surface area contributed by atoms with Gasteiger partial charge in [-0.05, 0) is 67.3 Å². The van der Waals surface area contributed by atoms with Gasteiger partial charge in [0.25, 0.3) is 10.0 Å². The fraction of sp³-hybridized carbons (Fsp3) is 0.444. The van der Waals surface area contributed by atoms with Gasteiger partial charge in [-0.3, -0.25) is 0 Å². The maximum Gasteiger partial charge on any atom is 0.283 e. The SMILES string of the molecule is Cc1ccc(Sc2c(C)nn(S(=O)(=O)c3c(C(C)C)cc(C(C)C)cc3C(C)C)c2C)cc1. The highest BCUT2D eigenvalue weighted by Crippen LogP contribution is 2.38. The Kier molecular flexibility index (Phi) is 7.49. The van der Waals surface area contributed by atoms with Crippen molar-refractivity contribution in [1.29, 1.82) is 0 Å². The van der Waals surface area contributed by atoms with Crippen LogP contribution in [0, 0.1) is 20.8 Å². The van der Waals surface area contributed by atoms with Crippen molar-refractivity contribution in [2.45, 2.75) is 94.8 Å². The molecule has 0 radical (unpaired) electrons. The first-order valence-electron chi connectivity index (χ1n) is 11.6. The molecule has 0 aliphatic rings. The molecule has 0 unspecified atom stereocenters. The topological polar surface area (TPSA) is 52.0 Å². The van der Waals surface area contributed by atoms with E-state index in [0.29, 0.717) is 16.5 Å². The summed E-state index contributed by atoms with van der Waals surface area (Å²) in [6.45, 7) is 18.3. The lowest BCUT2D eigenvalue weighted by atomic mass is 9.89. The van der Waals surface area contributed by atoms with Gasteiger partial charge in [0.2, 0.25) is 0 Å². The van der Waals surface area contributed by atoms with Gasteiger partial charge in [0.05, 0.1) is 21.2 Å². The summed E-state index contributed by atoms with van der Waals surface area (Å²) in [6.07, 6.45) is 0. The summed E-state index contributed by atoms with van der Waals surface area (Å²) in [6, 6.07) is 12.4. The molecule has 0 amide bonds. The second-order valence-electron chi connectivity index (χ2n) is 9.76. The highest BCUT2D eigenvalue weighted by Gasteiger charge is 2.31. The van der Waals surface area contributed by atoms with Crippen molar-refractivity contribution in [1.82, 2.24) is 9.19 Å². The van der Waals surface area contributed by atoms with Crippen molar-refractivity contribution in [2.24, 2.45) is 0 Å². The van der Waals surface area contributed by atoms with E-state index in [-0.39, 0.29) is 11.8 Å². The van der Waals surface area contributed by atoms with Crippen molar-refractivity contribution in [2.75, 3.05) is 0 Å². The molecule has 0 aliphatic carbocycles. The zero-order chi connectivity index (χ0) is 24.7. The molecule has 4 nitrogen and oxygen atoms in total. The van der Waals surface area contributed by atoms with Crippen molar-refractivity contribution >= 4 is 21.8 Å². The number of rotatable bonds is 7. The minimum atomic E-state index is -3.87. The van der Waals surface area contributed by atoms with Gasteiger partial charge < -0.3 is 0 Å². The Bertz CT molecular complexity index is 1220. The summed E-state index contributed by atoms with van der Waals surface area (Å²) in [5, 5.41) is 4.54. The van der Waals surface area contributed by atoms with E-state index >= 15 is 0 Å². The zero-order valence-electron chi connectivity index (χ0n) is 21.2. The van der Waals surface area contributed by atoms with Crippen LogP contribution in [0.25, 0.3) is 0 Å². The molecular weight excluding hydrogens is 448 g/mol. The minimum absolute atomic E-state index is 0.0735. The smallest absolute Gasteiger partial charge is 0.199 e. The fourth-order valence-electron chi connectivity index (χ4n) is 3.99. The van der Waals surface area contributed by atoms with E-state index in [9.17, 15) is 8.42 Å². The summed E-state index contributed by atoms with van der Waals surface area (Å²) in [4.78, 5) is 2.36. The van der Waals surface area contributed by atoms with Gasteiger partial charge in [0.1, 0.15) is 0 Å². The van der Waals surface area contributed by atoms with Crippen LogP contribution in [0.15, 0.2) is 51.1 Å². The van der Waals surface area contributed by atoms with Crippen molar-refractivity contribution in [3.05, 3.63) is 70.0 Å². The Hall–Kier alpha value is -2.05. The quantitative estimate of drug-likeness (QED) is 0.347. The second-order valence-corrected chi connectivity index (χ2v) is 12.5. The number of hydrogen-bond donors (Lipinski definition) is 0. The number of hydrogen-bond acceptors (Lipinski definition) is 4. The van der Waals surface area contributed by atoms with E-state index in [1.165, 1.54) is 15.2 Å². The largest absolute Gasteiger partial charge is 0.283 e. The molecule has 33 heavy (non-hydrogen) atoms. The molecule has 0 fully saturated rings. The van der Waals surface area contributed by atoms with Crippen molar-refractivity contribution in [3.8, 4) is 0 Å². The van der Waals surface area contributed by atoms with Gasteiger partial charge in [-0.25, -0.2) is 0 Å². The van der Waals surface area contributed by atoms with Crippen LogP contribution in [0.3, 0.4) is 0 Å². The average molecular weight is 485 g/mol. The third kappa shape index (κ3) is 5.07. The molecule has 1 heterocycles. The molecule has 0 saturated carbocycles. The first-order valence-corrected chi connectivity index (χ1v) is 13.8. The van der Waals surface area contributed by atoms with Gasteiger partial charge >= 0.3 is 0 Å². The summed E-state index contributed by atoms with van der Waals surface area (Å²) >= 11 is 1.56. The van der Waals surface area contributed by atoms with Crippen LogP contribution < -0.4 is 0 Å². The molecule has 0 spiro atoms. The lowest BCUT2D eigenvalue weighted by molar-refractivity contribution is 0.572. The molecule has 1 aromatic heterocycles. The molecule has 0 bridgehead atoms. The maximum absolute atomic E-state index is 14.1. The molecule has 6 heteroatoms. The number of aryl methyl sites for hydroxylation is 2. The molecule has 0 saturated heterocycles. The van der Waals surface area contributed by atoms with Crippen LogP contribution in [0.5, 0.6) is 0 Å².